The fraction of sp³-hybridized carbons (Fsp3) is 0.211. The van der Waals surface area contributed by atoms with Crippen molar-refractivity contribution in [2.24, 2.45) is 0 Å². The van der Waals surface area contributed by atoms with Crippen molar-refractivity contribution in [3.63, 3.8) is 0 Å². The van der Waals surface area contributed by atoms with E-state index in [1.165, 1.54) is 22.7 Å². The number of hydrogen-bond donors (Lipinski definition) is 1. The number of rotatable bonds is 13. The summed E-state index contributed by atoms with van der Waals surface area (Å²) in [6.45, 7) is 5.04. The van der Waals surface area contributed by atoms with Crippen LogP contribution in [0.5, 0.6) is 11.5 Å². The van der Waals surface area contributed by atoms with Crippen molar-refractivity contribution in [3.05, 3.63) is 136 Å². The first kappa shape index (κ1) is 33.9. The molecule has 4 aromatic carbocycles. The first-order valence-corrected chi connectivity index (χ1v) is 17.6. The molecule has 0 aliphatic carbocycles. The number of Topliss-reactive ketones (excluding diaryl/α,β-unsaturated/α-hetero) is 1. The van der Waals surface area contributed by atoms with E-state index in [0.29, 0.717) is 51.5 Å². The van der Waals surface area contributed by atoms with E-state index < -0.39 is 17.7 Å². The molecular weight excluding hydrogens is 662 g/mol. The van der Waals surface area contributed by atoms with E-state index in [1.54, 1.807) is 66.7 Å². The zero-order chi connectivity index (χ0) is 34.3. The van der Waals surface area contributed by atoms with Gasteiger partial charge in [-0.15, -0.1) is 10.2 Å². The molecule has 6 rings (SSSR count). The van der Waals surface area contributed by atoms with Crippen molar-refractivity contribution >= 4 is 45.7 Å². The molecule has 1 amide bonds. The van der Waals surface area contributed by atoms with E-state index in [9.17, 15) is 19.1 Å². The molecule has 1 atom stereocenters. The second kappa shape index (κ2) is 15.5. The van der Waals surface area contributed by atoms with E-state index in [4.69, 9.17) is 9.47 Å². The van der Waals surface area contributed by atoms with E-state index in [-0.39, 0.29) is 22.3 Å². The van der Waals surface area contributed by atoms with Crippen LogP contribution in [0.1, 0.15) is 53.6 Å². The molecule has 1 aliphatic rings. The molecule has 1 aliphatic heterocycles. The maximum atomic E-state index is 14.2. The zero-order valence-electron chi connectivity index (χ0n) is 27.0. The lowest BCUT2D eigenvalue weighted by atomic mass is 9.95. The Labute approximate surface area is 292 Å². The number of ketones is 1. The number of nitrogens with zero attached hydrogens (tertiary/aromatic N) is 3. The van der Waals surface area contributed by atoms with E-state index >= 15 is 0 Å². The summed E-state index contributed by atoms with van der Waals surface area (Å²) in [4.78, 5) is 28.6. The molecule has 11 heteroatoms. The average molecular weight is 696 g/mol. The van der Waals surface area contributed by atoms with Crippen molar-refractivity contribution in [2.45, 2.75) is 49.4 Å². The number of amides is 1. The highest BCUT2D eigenvalue weighted by Crippen LogP contribution is 2.44. The fourth-order valence-corrected chi connectivity index (χ4v) is 7.23. The van der Waals surface area contributed by atoms with E-state index in [2.05, 4.69) is 17.1 Å². The van der Waals surface area contributed by atoms with Crippen molar-refractivity contribution in [3.8, 4) is 11.5 Å². The van der Waals surface area contributed by atoms with Crippen LogP contribution < -0.4 is 14.4 Å². The van der Waals surface area contributed by atoms with Gasteiger partial charge in [0, 0.05) is 11.3 Å². The lowest BCUT2D eigenvalue weighted by molar-refractivity contribution is -0.132. The molecule has 0 bridgehead atoms. The Kier molecular flexibility index (Phi) is 10.7. The molecule has 8 nitrogen and oxygen atoms in total. The smallest absolute Gasteiger partial charge is 0.301 e. The Balaban J connectivity index is 1.30. The van der Waals surface area contributed by atoms with Gasteiger partial charge in [-0.05, 0) is 72.5 Å². The van der Waals surface area contributed by atoms with Crippen LogP contribution in [0.4, 0.5) is 9.52 Å². The molecule has 2 heterocycles. The summed E-state index contributed by atoms with van der Waals surface area (Å²) in [7, 11) is 0. The third-order valence-electron chi connectivity index (χ3n) is 7.93. The minimum Gasteiger partial charge on any atom is -0.507 e. The topological polar surface area (TPSA) is 102 Å². The molecule has 1 saturated heterocycles. The minimum absolute atomic E-state index is 0.0751. The summed E-state index contributed by atoms with van der Waals surface area (Å²) >= 11 is 2.40. The predicted octanol–water partition coefficient (Wildman–Crippen LogP) is 8.66. The second-order valence-electron chi connectivity index (χ2n) is 11.5. The van der Waals surface area contributed by atoms with Gasteiger partial charge in [0.2, 0.25) is 5.13 Å². The van der Waals surface area contributed by atoms with Gasteiger partial charge in [0.25, 0.3) is 5.78 Å². The maximum Gasteiger partial charge on any atom is 0.301 e. The Morgan fingerprint density at radius 2 is 1.67 bits per heavy atom. The third-order valence-corrected chi connectivity index (χ3v) is 10.0. The lowest BCUT2D eigenvalue weighted by Crippen LogP contribution is -2.29. The van der Waals surface area contributed by atoms with Crippen LogP contribution in [-0.4, -0.2) is 33.6 Å². The lowest BCUT2D eigenvalue weighted by Gasteiger charge is -2.22. The highest BCUT2D eigenvalue weighted by molar-refractivity contribution is 8.00. The van der Waals surface area contributed by atoms with Crippen molar-refractivity contribution in [1.82, 2.24) is 10.2 Å². The second-order valence-corrected chi connectivity index (χ2v) is 13.7. The van der Waals surface area contributed by atoms with Gasteiger partial charge in [-0.1, -0.05) is 96.6 Å². The molecule has 0 saturated carbocycles. The van der Waals surface area contributed by atoms with Crippen molar-refractivity contribution in [1.29, 1.82) is 0 Å². The summed E-state index contributed by atoms with van der Waals surface area (Å²) in [6.07, 6.45) is 1.90. The highest BCUT2D eigenvalue weighted by Gasteiger charge is 2.48. The van der Waals surface area contributed by atoms with Gasteiger partial charge in [0.1, 0.15) is 29.7 Å². The maximum absolute atomic E-state index is 14.2. The van der Waals surface area contributed by atoms with Crippen LogP contribution in [0, 0.1) is 12.7 Å². The molecule has 1 aromatic heterocycles. The number of aliphatic hydroxyl groups excluding tert-OH is 1. The van der Waals surface area contributed by atoms with Gasteiger partial charge >= 0.3 is 5.91 Å². The Hall–Kier alpha value is -5.00. The Morgan fingerprint density at radius 1 is 0.939 bits per heavy atom. The van der Waals surface area contributed by atoms with Crippen LogP contribution in [-0.2, 0) is 21.9 Å². The van der Waals surface area contributed by atoms with Gasteiger partial charge in [0.15, 0.2) is 4.34 Å². The fourth-order valence-electron chi connectivity index (χ4n) is 5.37. The number of unbranched alkanes of at least 4 members (excludes halogenated alkanes) is 1. The summed E-state index contributed by atoms with van der Waals surface area (Å²) < 4.78 is 26.5. The molecule has 0 radical (unpaired) electrons. The molecule has 0 spiro atoms. The van der Waals surface area contributed by atoms with Gasteiger partial charge in [0.05, 0.1) is 18.2 Å². The monoisotopic (exact) mass is 695 g/mol. The number of carbonyl (C=O) groups is 2. The minimum atomic E-state index is -0.987. The SMILES string of the molecule is CCCCOc1ccc(C2/C(=C(\O)c3ccc(OCc4cccc(C)c4)cc3)C(=O)C(=O)N2c2nnc(SCc3ccccc3F)s2)cc1. The van der Waals surface area contributed by atoms with Crippen molar-refractivity contribution < 1.29 is 28.6 Å². The molecule has 49 heavy (non-hydrogen) atoms. The normalized spacial score (nSPS) is 15.5. The van der Waals surface area contributed by atoms with Crippen LogP contribution >= 0.6 is 23.1 Å². The molecule has 1 unspecified atom stereocenters. The summed E-state index contributed by atoms with van der Waals surface area (Å²) in [5.41, 5.74) is 3.53. The predicted molar refractivity (Wildman–Crippen MR) is 189 cm³/mol. The number of thioether (sulfide) groups is 1. The summed E-state index contributed by atoms with van der Waals surface area (Å²) in [5.74, 6) is -0.776. The van der Waals surface area contributed by atoms with Crippen LogP contribution in [0.25, 0.3) is 5.76 Å². The first-order valence-electron chi connectivity index (χ1n) is 15.8. The third kappa shape index (κ3) is 7.84. The number of aliphatic hydroxyl groups is 1. The molecule has 5 aromatic rings. The van der Waals surface area contributed by atoms with Gasteiger partial charge in [-0.3, -0.25) is 14.5 Å². The Bertz CT molecular complexity index is 1980. The number of anilines is 1. The largest absolute Gasteiger partial charge is 0.507 e. The average Bonchev–Trinajstić information content (AvgIpc) is 3.69. The molecule has 1 fully saturated rings. The number of halogens is 1. The Morgan fingerprint density at radius 3 is 2.41 bits per heavy atom. The van der Waals surface area contributed by atoms with Gasteiger partial charge in [-0.25, -0.2) is 4.39 Å². The van der Waals surface area contributed by atoms with Crippen LogP contribution in [0.2, 0.25) is 0 Å². The first-order chi connectivity index (χ1) is 23.8. The number of aryl methyl sites for hydroxylation is 1. The highest BCUT2D eigenvalue weighted by atomic mass is 32.2. The molecule has 250 valence electrons. The molecule has 1 N–H and O–H groups in total. The molecular formula is C38H34FN3O5S2. The van der Waals surface area contributed by atoms with Crippen molar-refractivity contribution in [2.75, 3.05) is 11.5 Å². The number of benzene rings is 4. The van der Waals surface area contributed by atoms with Crippen LogP contribution in [0.3, 0.4) is 0 Å². The quantitative estimate of drug-likeness (QED) is 0.0326. The van der Waals surface area contributed by atoms with E-state index in [0.717, 1.165) is 35.3 Å². The van der Waals surface area contributed by atoms with E-state index in [1.807, 2.05) is 31.2 Å². The zero-order valence-corrected chi connectivity index (χ0v) is 28.6. The van der Waals surface area contributed by atoms with Gasteiger partial charge < -0.3 is 14.6 Å². The van der Waals surface area contributed by atoms with Crippen LogP contribution in [0.15, 0.2) is 107 Å². The standard InChI is InChI=1S/C38H34FN3O5S2/c1-3-4-20-46-29-16-12-26(13-17-29)33-32(34(43)27-14-18-30(19-15-27)47-22-25-9-7-8-24(2)21-25)35(44)36(45)42(33)37-40-41-38(49-37)48-23-28-10-5-6-11-31(28)39/h5-19,21,33,43H,3-4,20,22-23H2,1-2H3/b34-32+. The summed E-state index contributed by atoms with van der Waals surface area (Å²) in [5, 5.41) is 20.3. The number of aromatic nitrogens is 2. The number of carbonyl (C=O) groups excluding carboxylic acids is 2. The number of hydrogen-bond acceptors (Lipinski definition) is 9. The number of ether oxygens (including phenoxy) is 2. The summed E-state index contributed by atoms with van der Waals surface area (Å²) in [6, 6.07) is 27.3. The van der Waals surface area contributed by atoms with Gasteiger partial charge in [-0.2, -0.15) is 0 Å².